The predicted octanol–water partition coefficient (Wildman–Crippen LogP) is 7.00. The minimum absolute atomic E-state index is 0. The molecule has 0 unspecified atom stereocenters. The number of benzene rings is 1. The van der Waals surface area contributed by atoms with Crippen molar-refractivity contribution in [3.05, 3.63) is 71.4 Å². The molecule has 6 aromatic rings. The molecule has 3 N–H and O–H groups in total. The van der Waals surface area contributed by atoms with Gasteiger partial charge in [0.05, 0.1) is 12.4 Å². The number of anilines is 3. The molecule has 13 nitrogen and oxygen atoms in total. The zero-order chi connectivity index (χ0) is 31.2. The second-order valence-corrected chi connectivity index (χ2v) is 11.6. The first-order valence-electron chi connectivity index (χ1n) is 13.7. The summed E-state index contributed by atoms with van der Waals surface area (Å²) in [5.41, 5.74) is 3.63. The van der Waals surface area contributed by atoms with Gasteiger partial charge in [-0.2, -0.15) is 10.2 Å². The van der Waals surface area contributed by atoms with E-state index in [-0.39, 0.29) is 19.5 Å². The van der Waals surface area contributed by atoms with Crippen molar-refractivity contribution in [2.24, 2.45) is 0 Å². The number of thiazole rings is 1. The Morgan fingerprint density at radius 3 is 2.27 bits per heavy atom. The second kappa shape index (κ2) is 14.8. The van der Waals surface area contributed by atoms with Crippen LogP contribution in [0.2, 0.25) is 5.15 Å². The van der Waals surface area contributed by atoms with Crippen molar-refractivity contribution in [3.8, 4) is 0 Å². The van der Waals surface area contributed by atoms with Gasteiger partial charge in [-0.15, -0.1) is 11.3 Å². The van der Waals surface area contributed by atoms with E-state index in [0.29, 0.717) is 28.9 Å². The highest BCUT2D eigenvalue weighted by Crippen LogP contribution is 2.24. The lowest BCUT2D eigenvalue weighted by molar-refractivity contribution is 0.262. The van der Waals surface area contributed by atoms with E-state index in [1.54, 1.807) is 24.7 Å². The summed E-state index contributed by atoms with van der Waals surface area (Å²) in [6.45, 7) is 8.82. The van der Waals surface area contributed by atoms with Crippen molar-refractivity contribution in [2.75, 3.05) is 22.5 Å². The van der Waals surface area contributed by atoms with Gasteiger partial charge in [-0.25, -0.2) is 34.1 Å². The molecular formula is C29H34ClFN12OS. The standard InChI is InChI=1S/C20H21FN8OS.C8H9ClN4.CH4/c1-12(2)29-17-16(10-26-29)24-11-25-18(17)22-7-6-15-9-23-20(31-15)28-19(30)27-14-5-3-4-13(21)8-14;1-5(2)13-7-6(3-12-13)10-4-11-8(7)9;/h3-5,8-12H,6-7H2,1-2H3,(H,22,24,25)(H2,23,27,28,30);3-5H,1-2H3;1H4. The predicted molar refractivity (Wildman–Crippen MR) is 177 cm³/mol. The smallest absolute Gasteiger partial charge is 0.325 e. The van der Waals surface area contributed by atoms with Crippen LogP contribution < -0.4 is 16.0 Å². The van der Waals surface area contributed by atoms with Crippen LogP contribution in [0.25, 0.3) is 22.1 Å². The number of amides is 2. The average molecular weight is 653 g/mol. The van der Waals surface area contributed by atoms with E-state index < -0.39 is 11.8 Å². The zero-order valence-corrected chi connectivity index (χ0v) is 25.9. The summed E-state index contributed by atoms with van der Waals surface area (Å²) >= 11 is 7.31. The summed E-state index contributed by atoms with van der Waals surface area (Å²) in [5.74, 6) is 0.313. The Morgan fingerprint density at radius 2 is 1.58 bits per heavy atom. The summed E-state index contributed by atoms with van der Waals surface area (Å²) in [5, 5.41) is 18.1. The Balaban J connectivity index is 0.000000275. The van der Waals surface area contributed by atoms with Crippen LogP contribution in [0.3, 0.4) is 0 Å². The summed E-state index contributed by atoms with van der Waals surface area (Å²) in [6.07, 6.45) is 8.81. The van der Waals surface area contributed by atoms with Crippen molar-refractivity contribution in [1.82, 2.24) is 44.5 Å². The molecule has 0 atom stereocenters. The Bertz CT molecular complexity index is 1890. The lowest BCUT2D eigenvalue weighted by Crippen LogP contribution is -2.19. The Labute approximate surface area is 268 Å². The third-order valence-electron chi connectivity index (χ3n) is 6.22. The zero-order valence-electron chi connectivity index (χ0n) is 24.4. The second-order valence-electron chi connectivity index (χ2n) is 10.1. The molecule has 0 aliphatic rings. The first-order valence-corrected chi connectivity index (χ1v) is 14.9. The molecule has 16 heteroatoms. The lowest BCUT2D eigenvalue weighted by Gasteiger charge is -2.11. The fourth-order valence-corrected chi connectivity index (χ4v) is 5.30. The fraction of sp³-hybridized carbons (Fsp3) is 0.310. The van der Waals surface area contributed by atoms with Gasteiger partial charge in [0, 0.05) is 41.8 Å². The maximum Gasteiger partial charge on any atom is 0.325 e. The molecule has 5 aromatic heterocycles. The molecule has 0 bridgehead atoms. The quantitative estimate of drug-likeness (QED) is 0.147. The number of aromatic nitrogens is 9. The van der Waals surface area contributed by atoms with Gasteiger partial charge >= 0.3 is 6.03 Å². The third-order valence-corrected chi connectivity index (χ3v) is 7.47. The molecule has 0 spiro atoms. The van der Waals surface area contributed by atoms with Gasteiger partial charge in [0.25, 0.3) is 0 Å². The third kappa shape index (κ3) is 8.05. The Hall–Kier alpha value is -4.76. The molecule has 0 aliphatic heterocycles. The maximum absolute atomic E-state index is 13.2. The van der Waals surface area contributed by atoms with Crippen LogP contribution in [0.15, 0.2) is 55.5 Å². The highest BCUT2D eigenvalue weighted by atomic mass is 35.5. The molecule has 5 heterocycles. The van der Waals surface area contributed by atoms with Gasteiger partial charge in [0.1, 0.15) is 40.5 Å². The number of hydrogen-bond acceptors (Lipinski definition) is 10. The van der Waals surface area contributed by atoms with Crippen LogP contribution in [0.5, 0.6) is 0 Å². The van der Waals surface area contributed by atoms with Crippen molar-refractivity contribution < 1.29 is 9.18 Å². The number of rotatable bonds is 8. The topological polar surface area (TPSA) is 153 Å². The number of nitrogens with zero attached hydrogens (tertiary/aromatic N) is 9. The van der Waals surface area contributed by atoms with Gasteiger partial charge in [-0.1, -0.05) is 25.1 Å². The highest BCUT2D eigenvalue weighted by Gasteiger charge is 2.13. The molecule has 6 rings (SSSR count). The van der Waals surface area contributed by atoms with Crippen LogP contribution in [-0.2, 0) is 6.42 Å². The normalized spacial score (nSPS) is 10.9. The lowest BCUT2D eigenvalue weighted by atomic mass is 10.3. The van der Waals surface area contributed by atoms with Crippen LogP contribution in [0.1, 0.15) is 52.1 Å². The molecule has 0 radical (unpaired) electrons. The van der Waals surface area contributed by atoms with E-state index in [9.17, 15) is 9.18 Å². The average Bonchev–Trinajstić information content (AvgIpc) is 3.73. The minimum atomic E-state index is -0.477. The number of fused-ring (bicyclic) bond motifs is 2. The van der Waals surface area contributed by atoms with Crippen LogP contribution >= 0.6 is 22.9 Å². The van der Waals surface area contributed by atoms with E-state index in [1.165, 1.54) is 42.2 Å². The van der Waals surface area contributed by atoms with E-state index >= 15 is 0 Å². The van der Waals surface area contributed by atoms with E-state index in [0.717, 1.165) is 32.8 Å². The Morgan fingerprint density at radius 1 is 0.911 bits per heavy atom. The molecule has 236 valence electrons. The summed E-state index contributed by atoms with van der Waals surface area (Å²) in [6, 6.07) is 5.67. The fourth-order valence-electron chi connectivity index (χ4n) is 4.26. The van der Waals surface area contributed by atoms with Gasteiger partial charge in [-0.05, 0) is 45.9 Å². The van der Waals surface area contributed by atoms with Gasteiger partial charge in [-0.3, -0.25) is 14.7 Å². The monoisotopic (exact) mass is 652 g/mol. The van der Waals surface area contributed by atoms with Crippen molar-refractivity contribution >= 4 is 67.7 Å². The first kappa shape index (κ1) is 33.1. The number of halogens is 2. The highest BCUT2D eigenvalue weighted by molar-refractivity contribution is 7.15. The van der Waals surface area contributed by atoms with Gasteiger partial charge < -0.3 is 10.6 Å². The number of nitrogens with one attached hydrogen (secondary N) is 3. The summed E-state index contributed by atoms with van der Waals surface area (Å²) in [7, 11) is 0. The van der Waals surface area contributed by atoms with Crippen LogP contribution in [0, 0.1) is 5.82 Å². The number of urea groups is 1. The molecule has 1 aromatic carbocycles. The van der Waals surface area contributed by atoms with Gasteiger partial charge in [0.2, 0.25) is 0 Å². The van der Waals surface area contributed by atoms with Crippen molar-refractivity contribution in [1.29, 1.82) is 0 Å². The molecular weight excluding hydrogens is 619 g/mol. The van der Waals surface area contributed by atoms with E-state index in [2.05, 4.69) is 64.9 Å². The summed E-state index contributed by atoms with van der Waals surface area (Å²) < 4.78 is 16.9. The molecule has 0 aliphatic carbocycles. The molecule has 45 heavy (non-hydrogen) atoms. The van der Waals surface area contributed by atoms with E-state index in [4.69, 9.17) is 11.6 Å². The number of carbonyl (C=O) groups excluding carboxylic acids is 1. The summed E-state index contributed by atoms with van der Waals surface area (Å²) in [4.78, 5) is 33.9. The molecule has 0 saturated carbocycles. The first-order chi connectivity index (χ1) is 21.2. The molecule has 2 amide bonds. The SMILES string of the molecule is C.CC(C)n1ncc2ncnc(Cl)c21.CC(C)n1ncc2ncnc(NCCc3cnc(NC(=O)Nc4cccc(F)c4)s3)c21. The molecule has 0 saturated heterocycles. The largest absolute Gasteiger partial charge is 0.368 e. The van der Waals surface area contributed by atoms with Crippen LogP contribution in [0.4, 0.5) is 25.8 Å². The maximum atomic E-state index is 13.2. The minimum Gasteiger partial charge on any atom is -0.368 e. The van der Waals surface area contributed by atoms with Crippen molar-refractivity contribution in [2.45, 2.75) is 53.6 Å². The molecule has 0 fully saturated rings. The number of carbonyl (C=O) groups is 1. The van der Waals surface area contributed by atoms with Gasteiger partial charge in [0.15, 0.2) is 16.1 Å². The number of hydrogen-bond donors (Lipinski definition) is 3. The van der Waals surface area contributed by atoms with Crippen molar-refractivity contribution in [3.63, 3.8) is 0 Å². The Kier molecular flexibility index (Phi) is 10.9. The van der Waals surface area contributed by atoms with Crippen LogP contribution in [-0.4, -0.2) is 57.1 Å². The van der Waals surface area contributed by atoms with E-state index in [1.807, 2.05) is 23.2 Å².